The lowest BCUT2D eigenvalue weighted by Crippen LogP contribution is -3.15. The van der Waals surface area contributed by atoms with Gasteiger partial charge < -0.3 is 15.5 Å². The van der Waals surface area contributed by atoms with E-state index in [9.17, 15) is 18.0 Å². The van der Waals surface area contributed by atoms with Gasteiger partial charge in [-0.2, -0.15) is 4.31 Å². The fourth-order valence-electron chi connectivity index (χ4n) is 3.99. The molecular weight excluding hydrogens is 392 g/mol. The smallest absolute Gasteiger partial charge is 0.275 e. The van der Waals surface area contributed by atoms with Gasteiger partial charge in [-0.3, -0.25) is 9.59 Å². The molecule has 3 rings (SSSR count). The molecule has 160 valence electrons. The highest BCUT2D eigenvalue weighted by atomic mass is 32.2. The maximum absolute atomic E-state index is 13.0. The lowest BCUT2D eigenvalue weighted by atomic mass is 10.1. The molecule has 1 atom stereocenters. The number of nitrogens with one attached hydrogen (secondary N) is 3. The van der Waals surface area contributed by atoms with Gasteiger partial charge >= 0.3 is 0 Å². The SMILES string of the molecule is CCNC(=O)[C@H](C)NC(=O)C[NH+]1CCN(S(=O)(=O)c2ccc3c(c2)CCC3)CC1. The first-order valence-corrected chi connectivity index (χ1v) is 11.8. The molecule has 1 aromatic rings. The molecule has 0 radical (unpaired) electrons. The highest BCUT2D eigenvalue weighted by Crippen LogP contribution is 2.26. The van der Waals surface area contributed by atoms with Crippen molar-refractivity contribution in [3.63, 3.8) is 0 Å². The molecule has 0 unspecified atom stereocenters. The number of aryl methyl sites for hydroxylation is 2. The molecule has 2 aliphatic rings. The van der Waals surface area contributed by atoms with Crippen LogP contribution in [0.2, 0.25) is 0 Å². The van der Waals surface area contributed by atoms with Crippen LogP contribution in [0.15, 0.2) is 23.1 Å². The summed E-state index contributed by atoms with van der Waals surface area (Å²) in [5.74, 6) is -0.408. The highest BCUT2D eigenvalue weighted by Gasteiger charge is 2.32. The first-order chi connectivity index (χ1) is 13.8. The van der Waals surface area contributed by atoms with Crippen molar-refractivity contribution in [1.82, 2.24) is 14.9 Å². The minimum Gasteiger partial charge on any atom is -0.355 e. The number of carbonyl (C=O) groups excluding carboxylic acids is 2. The van der Waals surface area contributed by atoms with E-state index in [1.807, 2.05) is 19.1 Å². The number of hydrogen-bond acceptors (Lipinski definition) is 4. The summed E-state index contributed by atoms with van der Waals surface area (Å²) in [5.41, 5.74) is 2.40. The summed E-state index contributed by atoms with van der Waals surface area (Å²) < 4.78 is 27.5. The summed E-state index contributed by atoms with van der Waals surface area (Å²) in [6.07, 6.45) is 3.06. The van der Waals surface area contributed by atoms with Crippen molar-refractivity contribution in [2.75, 3.05) is 39.3 Å². The van der Waals surface area contributed by atoms with Crippen LogP contribution in [0.25, 0.3) is 0 Å². The summed E-state index contributed by atoms with van der Waals surface area (Å²) in [6, 6.07) is 4.90. The average molecular weight is 424 g/mol. The summed E-state index contributed by atoms with van der Waals surface area (Å²) in [6.45, 7) is 6.12. The summed E-state index contributed by atoms with van der Waals surface area (Å²) in [4.78, 5) is 25.3. The van der Waals surface area contributed by atoms with Gasteiger partial charge in [0.15, 0.2) is 6.54 Å². The number of piperazine rings is 1. The van der Waals surface area contributed by atoms with E-state index in [0.29, 0.717) is 37.6 Å². The van der Waals surface area contributed by atoms with E-state index in [4.69, 9.17) is 0 Å². The van der Waals surface area contributed by atoms with Crippen LogP contribution < -0.4 is 15.5 Å². The Kier molecular flexibility index (Phi) is 6.92. The molecule has 0 aromatic heterocycles. The Labute approximate surface area is 172 Å². The summed E-state index contributed by atoms with van der Waals surface area (Å²) in [7, 11) is -3.51. The van der Waals surface area contributed by atoms with Crippen LogP contribution in [0.1, 0.15) is 31.4 Å². The van der Waals surface area contributed by atoms with Crippen LogP contribution in [-0.4, -0.2) is 69.8 Å². The molecule has 1 aliphatic heterocycles. The number of nitrogens with zero attached hydrogens (tertiary/aromatic N) is 1. The third-order valence-electron chi connectivity index (χ3n) is 5.67. The van der Waals surface area contributed by atoms with E-state index in [1.54, 1.807) is 13.0 Å². The number of quaternary nitrogens is 1. The number of hydrogen-bond donors (Lipinski definition) is 3. The Morgan fingerprint density at radius 1 is 1.17 bits per heavy atom. The number of benzene rings is 1. The van der Waals surface area contributed by atoms with Gasteiger partial charge in [0.25, 0.3) is 5.91 Å². The van der Waals surface area contributed by atoms with Crippen molar-refractivity contribution in [3.8, 4) is 0 Å². The number of fused-ring (bicyclic) bond motifs is 1. The van der Waals surface area contributed by atoms with Crippen molar-refractivity contribution in [1.29, 1.82) is 0 Å². The molecule has 8 nitrogen and oxygen atoms in total. The van der Waals surface area contributed by atoms with Crippen LogP contribution in [0.5, 0.6) is 0 Å². The van der Waals surface area contributed by atoms with Crippen LogP contribution in [-0.2, 0) is 32.5 Å². The third kappa shape index (κ3) is 5.15. The zero-order valence-corrected chi connectivity index (χ0v) is 18.0. The van der Waals surface area contributed by atoms with Gasteiger partial charge in [-0.15, -0.1) is 0 Å². The molecule has 29 heavy (non-hydrogen) atoms. The Bertz CT molecular complexity index is 863. The molecule has 0 bridgehead atoms. The summed E-state index contributed by atoms with van der Waals surface area (Å²) >= 11 is 0. The Morgan fingerprint density at radius 2 is 1.86 bits per heavy atom. The monoisotopic (exact) mass is 423 g/mol. The number of carbonyl (C=O) groups is 2. The van der Waals surface area contributed by atoms with Crippen molar-refractivity contribution in [3.05, 3.63) is 29.3 Å². The van der Waals surface area contributed by atoms with Gasteiger partial charge in [0.1, 0.15) is 6.04 Å². The molecule has 1 heterocycles. The Hall–Kier alpha value is -1.97. The van der Waals surface area contributed by atoms with Crippen molar-refractivity contribution >= 4 is 21.8 Å². The largest absolute Gasteiger partial charge is 0.355 e. The van der Waals surface area contributed by atoms with Gasteiger partial charge in [0.05, 0.1) is 31.1 Å². The van der Waals surface area contributed by atoms with E-state index in [1.165, 1.54) is 9.87 Å². The van der Waals surface area contributed by atoms with Gasteiger partial charge in [-0.05, 0) is 56.4 Å². The molecular formula is C20H31N4O4S+. The molecule has 1 aromatic carbocycles. The summed E-state index contributed by atoms with van der Waals surface area (Å²) in [5, 5.41) is 5.37. The number of rotatable bonds is 7. The van der Waals surface area contributed by atoms with Gasteiger partial charge in [0, 0.05) is 6.54 Å². The van der Waals surface area contributed by atoms with E-state index in [-0.39, 0.29) is 18.4 Å². The van der Waals surface area contributed by atoms with Crippen LogP contribution in [0.4, 0.5) is 0 Å². The number of likely N-dealkylation sites (N-methyl/N-ethyl adjacent to an activating group) is 1. The standard InChI is InChI=1S/C20H30N4O4S/c1-3-21-20(26)15(2)22-19(25)14-23-9-11-24(12-10-23)29(27,28)18-8-7-16-5-4-6-17(16)13-18/h7-8,13,15H,3-6,9-12,14H2,1-2H3,(H,21,26)(H,22,25)/p+1/t15-/m0/s1. The minimum absolute atomic E-state index is 0.200. The second-order valence-electron chi connectivity index (χ2n) is 7.80. The van der Waals surface area contributed by atoms with E-state index in [2.05, 4.69) is 10.6 Å². The molecule has 1 fully saturated rings. The average Bonchev–Trinajstić information content (AvgIpc) is 3.16. The minimum atomic E-state index is -3.51. The second-order valence-corrected chi connectivity index (χ2v) is 9.74. The molecule has 9 heteroatoms. The molecule has 1 aliphatic carbocycles. The van der Waals surface area contributed by atoms with E-state index >= 15 is 0 Å². The zero-order chi connectivity index (χ0) is 21.0. The maximum atomic E-state index is 13.0. The predicted molar refractivity (Wildman–Crippen MR) is 109 cm³/mol. The molecule has 3 N–H and O–H groups in total. The van der Waals surface area contributed by atoms with E-state index in [0.717, 1.165) is 29.7 Å². The van der Waals surface area contributed by atoms with E-state index < -0.39 is 16.1 Å². The fourth-order valence-corrected chi connectivity index (χ4v) is 5.48. The van der Waals surface area contributed by atoms with Crippen LogP contribution in [0, 0.1) is 0 Å². The first kappa shape index (κ1) is 21.7. The zero-order valence-electron chi connectivity index (χ0n) is 17.2. The topological polar surface area (TPSA) is 100 Å². The molecule has 0 spiro atoms. The van der Waals surface area contributed by atoms with Crippen molar-refractivity contribution in [2.45, 2.75) is 44.0 Å². The number of amides is 2. The third-order valence-corrected chi connectivity index (χ3v) is 7.56. The molecule has 0 saturated carbocycles. The highest BCUT2D eigenvalue weighted by molar-refractivity contribution is 7.89. The Morgan fingerprint density at radius 3 is 2.55 bits per heavy atom. The van der Waals surface area contributed by atoms with Gasteiger partial charge in [-0.25, -0.2) is 8.42 Å². The van der Waals surface area contributed by atoms with Crippen LogP contribution in [0.3, 0.4) is 0 Å². The van der Waals surface area contributed by atoms with Crippen LogP contribution >= 0.6 is 0 Å². The Balaban J connectivity index is 1.52. The van der Waals surface area contributed by atoms with Crippen molar-refractivity contribution < 1.29 is 22.9 Å². The molecule has 1 saturated heterocycles. The maximum Gasteiger partial charge on any atom is 0.275 e. The first-order valence-electron chi connectivity index (χ1n) is 10.3. The quantitative estimate of drug-likeness (QED) is 0.508. The predicted octanol–water partition coefficient (Wildman–Crippen LogP) is -1.29. The number of sulfonamides is 1. The van der Waals surface area contributed by atoms with Gasteiger partial charge in [0.2, 0.25) is 15.9 Å². The van der Waals surface area contributed by atoms with Crippen molar-refractivity contribution in [2.24, 2.45) is 0 Å². The normalized spacial score (nSPS) is 18.8. The fraction of sp³-hybridized carbons (Fsp3) is 0.600. The lowest BCUT2D eigenvalue weighted by Gasteiger charge is -2.31. The lowest BCUT2D eigenvalue weighted by molar-refractivity contribution is -0.895. The molecule has 2 amide bonds. The van der Waals surface area contributed by atoms with Gasteiger partial charge in [-0.1, -0.05) is 6.07 Å². The second kappa shape index (κ2) is 9.23.